The zero-order chi connectivity index (χ0) is 13.0. The van der Waals surface area contributed by atoms with Crippen LogP contribution in [0.4, 0.5) is 17.3 Å². The van der Waals surface area contributed by atoms with E-state index in [4.69, 9.17) is 16.3 Å². The minimum atomic E-state index is 0.00348. The van der Waals surface area contributed by atoms with E-state index in [2.05, 4.69) is 20.2 Å². The summed E-state index contributed by atoms with van der Waals surface area (Å²) in [5.74, 6) is 0.111. The number of hydrogen-bond donors (Lipinski definition) is 2. The fraction of sp³-hybridized carbons (Fsp3) is 0. The number of nitriles is 2. The first-order valence-electron chi connectivity index (χ1n) is 4.90. The molecule has 0 unspecified atom stereocenters. The van der Waals surface area contributed by atoms with Crippen molar-refractivity contribution in [3.8, 4) is 12.1 Å². The summed E-state index contributed by atoms with van der Waals surface area (Å²) in [6.45, 7) is 0. The molecule has 0 aliphatic rings. The summed E-state index contributed by atoms with van der Waals surface area (Å²) >= 11 is 0. The number of rotatable bonds is 2. The van der Waals surface area contributed by atoms with Crippen molar-refractivity contribution < 1.29 is 0 Å². The zero-order valence-corrected chi connectivity index (χ0v) is 9.12. The largest absolute Gasteiger partial charge is 0.399 e. The molecule has 2 rings (SSSR count). The molecule has 7 nitrogen and oxygen atoms in total. The molecule has 0 amide bonds. The quantitative estimate of drug-likeness (QED) is 0.612. The number of imidazole rings is 1. The van der Waals surface area contributed by atoms with Gasteiger partial charge in [-0.1, -0.05) is 0 Å². The molecule has 0 fully saturated rings. The third-order valence-electron chi connectivity index (χ3n) is 2.06. The van der Waals surface area contributed by atoms with E-state index in [1.165, 1.54) is 0 Å². The maximum absolute atomic E-state index is 8.72. The monoisotopic (exact) mass is 237 g/mol. The second-order valence-electron chi connectivity index (χ2n) is 3.30. The standard InChI is InChI=1S/C11H7N7/c12-5-9-10(6-13)16-11(15-9)18-17-8-3-1-7(14)2-4-8/h1-4H,14H2,(H,15,16). The van der Waals surface area contributed by atoms with E-state index < -0.39 is 0 Å². The summed E-state index contributed by atoms with van der Waals surface area (Å²) in [7, 11) is 0. The van der Waals surface area contributed by atoms with Crippen LogP contribution in [0.2, 0.25) is 0 Å². The second-order valence-corrected chi connectivity index (χ2v) is 3.30. The number of hydrogen-bond acceptors (Lipinski definition) is 6. The first-order valence-corrected chi connectivity index (χ1v) is 4.90. The number of aromatic nitrogens is 2. The molecule has 86 valence electrons. The Morgan fingerprint density at radius 2 is 1.83 bits per heavy atom. The molecular weight excluding hydrogens is 230 g/mol. The number of nitrogens with one attached hydrogen (secondary N) is 1. The highest BCUT2D eigenvalue weighted by atomic mass is 15.2. The summed E-state index contributed by atoms with van der Waals surface area (Å²) in [5, 5.41) is 25.1. The number of aromatic amines is 1. The van der Waals surface area contributed by atoms with Crippen LogP contribution in [0.1, 0.15) is 11.4 Å². The number of nitrogens with zero attached hydrogens (tertiary/aromatic N) is 5. The fourth-order valence-electron chi connectivity index (χ4n) is 1.22. The first-order chi connectivity index (χ1) is 8.72. The van der Waals surface area contributed by atoms with Crippen LogP contribution in [0, 0.1) is 22.7 Å². The van der Waals surface area contributed by atoms with Gasteiger partial charge in [-0.25, -0.2) is 0 Å². The molecule has 0 radical (unpaired) electrons. The van der Waals surface area contributed by atoms with Gasteiger partial charge >= 0.3 is 0 Å². The van der Waals surface area contributed by atoms with E-state index in [0.29, 0.717) is 11.4 Å². The molecule has 1 aromatic heterocycles. The lowest BCUT2D eigenvalue weighted by molar-refractivity contribution is 1.12. The topological polar surface area (TPSA) is 127 Å². The van der Waals surface area contributed by atoms with Crippen molar-refractivity contribution in [2.75, 3.05) is 5.73 Å². The van der Waals surface area contributed by atoms with Gasteiger partial charge < -0.3 is 10.7 Å². The lowest BCUT2D eigenvalue weighted by Gasteiger charge is -1.92. The van der Waals surface area contributed by atoms with Gasteiger partial charge in [-0.3, -0.25) is 0 Å². The van der Waals surface area contributed by atoms with Crippen LogP contribution in [-0.4, -0.2) is 9.97 Å². The lowest BCUT2D eigenvalue weighted by atomic mass is 10.3. The van der Waals surface area contributed by atoms with Crippen molar-refractivity contribution in [1.29, 1.82) is 10.5 Å². The van der Waals surface area contributed by atoms with Gasteiger partial charge in [-0.05, 0) is 24.3 Å². The van der Waals surface area contributed by atoms with Gasteiger partial charge in [-0.2, -0.15) is 15.5 Å². The summed E-state index contributed by atoms with van der Waals surface area (Å²) in [4.78, 5) is 6.39. The van der Waals surface area contributed by atoms with Crippen molar-refractivity contribution in [2.24, 2.45) is 10.2 Å². The van der Waals surface area contributed by atoms with E-state index in [1.54, 1.807) is 30.3 Å². The van der Waals surface area contributed by atoms with Crippen molar-refractivity contribution in [1.82, 2.24) is 9.97 Å². The van der Waals surface area contributed by atoms with Gasteiger partial charge in [0.25, 0.3) is 0 Å². The van der Waals surface area contributed by atoms with Gasteiger partial charge in [0.15, 0.2) is 11.4 Å². The number of H-pyrrole nitrogens is 1. The molecule has 0 spiro atoms. The second kappa shape index (κ2) is 4.76. The molecule has 0 aliphatic carbocycles. The number of nitrogen functional groups attached to an aromatic ring is 1. The highest BCUT2D eigenvalue weighted by molar-refractivity contribution is 5.47. The Morgan fingerprint density at radius 1 is 1.11 bits per heavy atom. The average molecular weight is 237 g/mol. The van der Waals surface area contributed by atoms with E-state index in [0.717, 1.165) is 0 Å². The predicted molar refractivity (Wildman–Crippen MR) is 63.0 cm³/mol. The van der Waals surface area contributed by atoms with Crippen molar-refractivity contribution in [3.05, 3.63) is 35.7 Å². The van der Waals surface area contributed by atoms with E-state index in [-0.39, 0.29) is 17.3 Å². The number of benzene rings is 1. The van der Waals surface area contributed by atoms with Crippen LogP contribution in [0.15, 0.2) is 34.5 Å². The Labute approximate surface area is 102 Å². The van der Waals surface area contributed by atoms with Crippen molar-refractivity contribution in [3.63, 3.8) is 0 Å². The minimum Gasteiger partial charge on any atom is -0.399 e. The first kappa shape index (κ1) is 11.3. The molecule has 1 heterocycles. The molecule has 0 atom stereocenters. The zero-order valence-electron chi connectivity index (χ0n) is 9.12. The molecule has 0 saturated heterocycles. The molecule has 2 aromatic rings. The predicted octanol–water partition coefficient (Wildman–Crippen LogP) is 2.15. The molecule has 3 N–H and O–H groups in total. The highest BCUT2D eigenvalue weighted by Crippen LogP contribution is 2.18. The summed E-state index contributed by atoms with van der Waals surface area (Å²) in [6, 6.07) is 10.4. The van der Waals surface area contributed by atoms with Crippen LogP contribution in [0.25, 0.3) is 0 Å². The average Bonchev–Trinajstić information content (AvgIpc) is 2.80. The van der Waals surface area contributed by atoms with Crippen molar-refractivity contribution >= 4 is 17.3 Å². The molecule has 0 aliphatic heterocycles. The highest BCUT2D eigenvalue weighted by Gasteiger charge is 2.07. The molecule has 0 bridgehead atoms. The number of anilines is 1. The van der Waals surface area contributed by atoms with Crippen LogP contribution in [0.3, 0.4) is 0 Å². The Morgan fingerprint density at radius 3 is 2.39 bits per heavy atom. The Kier molecular flexibility index (Phi) is 2.99. The van der Waals surface area contributed by atoms with Gasteiger partial charge in [0, 0.05) is 5.69 Å². The molecule has 0 saturated carbocycles. The van der Waals surface area contributed by atoms with E-state index in [1.807, 2.05) is 6.07 Å². The number of azo groups is 1. The van der Waals surface area contributed by atoms with E-state index >= 15 is 0 Å². The SMILES string of the molecule is N#Cc1nc(N=Nc2ccc(N)cc2)[nH]c1C#N. The summed E-state index contributed by atoms with van der Waals surface area (Å²) in [6.07, 6.45) is 0. The van der Waals surface area contributed by atoms with Crippen molar-refractivity contribution in [2.45, 2.75) is 0 Å². The van der Waals surface area contributed by atoms with Gasteiger partial charge in [0.1, 0.15) is 12.1 Å². The molecule has 7 heteroatoms. The number of nitrogens with two attached hydrogens (primary N) is 1. The Balaban J connectivity index is 2.24. The van der Waals surface area contributed by atoms with Crippen LogP contribution in [-0.2, 0) is 0 Å². The van der Waals surface area contributed by atoms with E-state index in [9.17, 15) is 0 Å². The summed E-state index contributed by atoms with van der Waals surface area (Å²) < 4.78 is 0. The van der Waals surface area contributed by atoms with Crippen LogP contribution in [0.5, 0.6) is 0 Å². The Bertz CT molecular complexity index is 635. The van der Waals surface area contributed by atoms with Gasteiger partial charge in [-0.15, -0.1) is 10.2 Å². The normalized spacial score (nSPS) is 10.1. The minimum absolute atomic E-state index is 0.00348. The third kappa shape index (κ3) is 2.31. The lowest BCUT2D eigenvalue weighted by Crippen LogP contribution is -1.80. The summed E-state index contributed by atoms with van der Waals surface area (Å²) in [5.41, 5.74) is 6.83. The van der Waals surface area contributed by atoms with Crippen LogP contribution < -0.4 is 5.73 Å². The maximum Gasteiger partial charge on any atom is 0.249 e. The third-order valence-corrected chi connectivity index (χ3v) is 2.06. The molecular formula is C11H7N7. The molecule has 1 aromatic carbocycles. The molecule has 18 heavy (non-hydrogen) atoms. The Hall–Kier alpha value is -3.19. The van der Waals surface area contributed by atoms with Gasteiger partial charge in [0.05, 0.1) is 5.69 Å². The van der Waals surface area contributed by atoms with Crippen LogP contribution >= 0.6 is 0 Å². The smallest absolute Gasteiger partial charge is 0.249 e. The van der Waals surface area contributed by atoms with Gasteiger partial charge in [0.2, 0.25) is 5.95 Å². The fourth-order valence-corrected chi connectivity index (χ4v) is 1.22. The maximum atomic E-state index is 8.72.